The molecule has 0 saturated carbocycles. The number of ketones is 2. The third kappa shape index (κ3) is 7.84. The van der Waals surface area contributed by atoms with Crippen LogP contribution in [0.1, 0.15) is 83.0 Å². The fourth-order valence-corrected chi connectivity index (χ4v) is 8.53. The molecule has 3 aliphatic heterocycles. The molecule has 0 spiro atoms. The van der Waals surface area contributed by atoms with Crippen molar-refractivity contribution in [2.75, 3.05) is 47.0 Å². The second-order valence-electron chi connectivity index (χ2n) is 14.8. The van der Waals surface area contributed by atoms with E-state index in [9.17, 15) is 44.1 Å². The topological polar surface area (TPSA) is 278 Å². The van der Waals surface area contributed by atoms with Gasteiger partial charge in [0.2, 0.25) is 17.6 Å². The number of aliphatic hydroxyl groups is 1. The zero-order chi connectivity index (χ0) is 43.2. The molecule has 9 atom stereocenters. The molecule has 7 N–H and O–H groups in total. The van der Waals surface area contributed by atoms with Crippen LogP contribution in [-0.4, -0.2) is 150 Å². The highest BCUT2D eigenvalue weighted by molar-refractivity contribution is 6.31. The fraction of sp³-hybridized carbons (Fsp3) is 0.538. The summed E-state index contributed by atoms with van der Waals surface area (Å²) in [4.78, 5) is 79.0. The van der Waals surface area contributed by atoms with Gasteiger partial charge in [0.1, 0.15) is 29.0 Å². The molecule has 3 saturated heterocycles. The van der Waals surface area contributed by atoms with Crippen molar-refractivity contribution in [3.8, 4) is 17.2 Å². The van der Waals surface area contributed by atoms with Crippen molar-refractivity contribution >= 4 is 35.3 Å². The molecule has 3 heterocycles. The van der Waals surface area contributed by atoms with Gasteiger partial charge >= 0.3 is 5.97 Å². The number of aromatic hydroxyl groups is 2. The highest BCUT2D eigenvalue weighted by Crippen LogP contribution is 2.53. The number of phenolic OH excluding ortho intramolecular Hbond substituents is 2. The summed E-state index contributed by atoms with van der Waals surface area (Å²) in [5.74, 6) is -6.94. The third-order valence-electron chi connectivity index (χ3n) is 11.2. The van der Waals surface area contributed by atoms with Crippen LogP contribution in [0.15, 0.2) is 18.2 Å². The van der Waals surface area contributed by atoms with Crippen LogP contribution in [0, 0.1) is 0 Å². The van der Waals surface area contributed by atoms with E-state index < -0.39 is 133 Å². The lowest BCUT2D eigenvalue weighted by molar-refractivity contribution is -0.256. The van der Waals surface area contributed by atoms with E-state index in [0.29, 0.717) is 13.2 Å². The molecule has 3 fully saturated rings. The number of phenols is 2. The Balaban J connectivity index is 1.14. The Bertz CT molecular complexity index is 2100. The van der Waals surface area contributed by atoms with Crippen molar-refractivity contribution in [2.45, 2.75) is 87.8 Å². The fourth-order valence-electron chi connectivity index (χ4n) is 8.53. The maximum atomic E-state index is 14.1. The van der Waals surface area contributed by atoms with E-state index in [1.54, 1.807) is 6.92 Å². The average molecular weight is 829 g/mol. The second kappa shape index (κ2) is 16.8. The molecule has 318 valence electrons. The van der Waals surface area contributed by atoms with Crippen LogP contribution in [-0.2, 0) is 49.3 Å². The number of nitrogens with zero attached hydrogens (tertiary/aromatic N) is 1. The molecule has 3 amide bonds. The molecule has 0 bridgehead atoms. The van der Waals surface area contributed by atoms with Gasteiger partial charge < -0.3 is 64.8 Å². The molecule has 2 aromatic carbocycles. The van der Waals surface area contributed by atoms with Gasteiger partial charge in [-0.1, -0.05) is 12.1 Å². The standard InChI is InChI=1S/C39H46N4O16/c1-17-35-20(43-11-12-56-37(55-3)36(43)59-35)13-26(57-17)58-22-15-39(53,38(52)41-10-9-40-24(45)16-42-23(44)7-8-25(46)47)14-19-28(22)34(51)30-29(32(19)49)31(48)18-5-4-6-21(54-2)27(18)33(30)50/h4-6,17,20,22,26,35-37,49,51,53H,7-16H2,1-3H3,(H,40,45)(H,41,52)(H,42,44)(H,46,47)/t17-,20-,22-,26-,35+,36+,37-,39-/m0/s1/i7T/t7?,17-,20-,22-,26-,35+,36+,37-,39-. The molecule has 1 unspecified atom stereocenters. The highest BCUT2D eigenvalue weighted by Gasteiger charge is 2.55. The summed E-state index contributed by atoms with van der Waals surface area (Å²) in [6.07, 6.45) is -7.85. The van der Waals surface area contributed by atoms with Crippen molar-refractivity contribution in [3.05, 3.63) is 51.6 Å². The monoisotopic (exact) mass is 828 g/mol. The number of carbonyl (C=O) groups is 6. The number of rotatable bonds is 13. The first-order chi connectivity index (χ1) is 28.6. The summed E-state index contributed by atoms with van der Waals surface area (Å²) in [5, 5.41) is 51.8. The number of hydrogen-bond acceptors (Lipinski definition) is 16. The predicted octanol–water partition coefficient (Wildman–Crippen LogP) is -0.637. The Morgan fingerprint density at radius 3 is 2.47 bits per heavy atom. The van der Waals surface area contributed by atoms with Gasteiger partial charge in [-0.05, 0) is 13.0 Å². The number of carbonyl (C=O) groups excluding carboxylic acids is 5. The molecule has 59 heavy (non-hydrogen) atoms. The van der Waals surface area contributed by atoms with Crippen LogP contribution in [0.3, 0.4) is 0 Å². The van der Waals surface area contributed by atoms with Gasteiger partial charge in [0.15, 0.2) is 24.6 Å². The Hall–Kier alpha value is -5.22. The minimum Gasteiger partial charge on any atom is -0.507 e. The second-order valence-corrected chi connectivity index (χ2v) is 14.8. The minimum atomic E-state index is -2.36. The molecular formula is C39H46N4O16. The van der Waals surface area contributed by atoms with Gasteiger partial charge in [-0.15, -0.1) is 0 Å². The zero-order valence-corrected chi connectivity index (χ0v) is 32.3. The molecule has 2 aromatic rings. The average Bonchev–Trinajstić information content (AvgIpc) is 3.60. The lowest BCUT2D eigenvalue weighted by Gasteiger charge is -2.43. The Morgan fingerprint density at radius 2 is 1.75 bits per heavy atom. The number of ether oxygens (including phenoxy) is 6. The normalized spacial score (nSPS) is 29.1. The van der Waals surface area contributed by atoms with E-state index in [1.165, 1.54) is 32.4 Å². The predicted molar refractivity (Wildman–Crippen MR) is 197 cm³/mol. The number of benzene rings is 2. The molecule has 5 aliphatic rings. The molecular weight excluding hydrogens is 780 g/mol. The maximum absolute atomic E-state index is 14.1. The highest BCUT2D eigenvalue weighted by atomic mass is 16.7. The summed E-state index contributed by atoms with van der Waals surface area (Å²) in [7, 11) is 2.83. The van der Waals surface area contributed by atoms with E-state index in [2.05, 4.69) is 20.9 Å². The van der Waals surface area contributed by atoms with E-state index in [1.807, 2.05) is 0 Å². The Labute approximate surface area is 338 Å². The van der Waals surface area contributed by atoms with Crippen LogP contribution >= 0.6 is 0 Å². The first-order valence-electron chi connectivity index (χ1n) is 19.6. The Kier molecular flexibility index (Phi) is 11.5. The summed E-state index contributed by atoms with van der Waals surface area (Å²) >= 11 is 0. The van der Waals surface area contributed by atoms with Gasteiger partial charge in [0.05, 0.1) is 55.6 Å². The summed E-state index contributed by atoms with van der Waals surface area (Å²) < 4.78 is 43.2. The summed E-state index contributed by atoms with van der Waals surface area (Å²) in [6, 6.07) is 4.10. The first-order valence-corrected chi connectivity index (χ1v) is 19.0. The number of methoxy groups -OCH3 is 2. The van der Waals surface area contributed by atoms with E-state index in [-0.39, 0.29) is 53.6 Å². The molecule has 7 rings (SSSR count). The van der Waals surface area contributed by atoms with Crippen molar-refractivity contribution in [1.82, 2.24) is 20.9 Å². The molecule has 0 radical (unpaired) electrons. The largest absolute Gasteiger partial charge is 0.507 e. The molecule has 2 aliphatic carbocycles. The van der Waals surface area contributed by atoms with E-state index in [4.69, 9.17) is 34.9 Å². The molecule has 20 nitrogen and oxygen atoms in total. The number of aliphatic carboxylic acids is 1. The van der Waals surface area contributed by atoms with Crippen LogP contribution in [0.25, 0.3) is 0 Å². The summed E-state index contributed by atoms with van der Waals surface area (Å²) in [6.45, 7) is 1.70. The zero-order valence-electron chi connectivity index (χ0n) is 33.3. The lowest BCUT2D eigenvalue weighted by Crippen LogP contribution is -2.55. The third-order valence-corrected chi connectivity index (χ3v) is 11.2. The lowest BCUT2D eigenvalue weighted by atomic mass is 9.72. The van der Waals surface area contributed by atoms with Gasteiger partial charge in [-0.3, -0.25) is 33.7 Å². The number of hydrogen-bond donors (Lipinski definition) is 7. The number of morpholine rings is 1. The van der Waals surface area contributed by atoms with Crippen LogP contribution in [0.5, 0.6) is 17.2 Å². The van der Waals surface area contributed by atoms with Gasteiger partial charge in [-0.2, -0.15) is 0 Å². The molecule has 0 aromatic heterocycles. The van der Waals surface area contributed by atoms with Crippen LogP contribution in [0.2, 0.25) is 0 Å². The number of carboxylic acids is 1. The van der Waals surface area contributed by atoms with Crippen molar-refractivity contribution in [3.63, 3.8) is 0 Å². The van der Waals surface area contributed by atoms with Crippen molar-refractivity contribution < 1.29 is 79.0 Å². The van der Waals surface area contributed by atoms with E-state index in [0.717, 1.165) is 0 Å². The van der Waals surface area contributed by atoms with Crippen LogP contribution in [0.4, 0.5) is 0 Å². The number of amides is 3. The van der Waals surface area contributed by atoms with Crippen molar-refractivity contribution in [2.24, 2.45) is 0 Å². The van der Waals surface area contributed by atoms with Crippen LogP contribution < -0.4 is 20.7 Å². The smallest absolute Gasteiger partial charge is 0.303 e. The number of fused-ring (bicyclic) bond motifs is 6. The SMILES string of the molecule is [3H]C(CC(=O)O)C(=O)NCC(=O)NCCNC(=O)[C@]1(O)Cc2c(O)c3c(c(O)c2[C@@H](O[C@H]2C[C@H]4[C@H](O[C@@H]5[C@@H](OC)OCCN54)[C@H](C)O2)C1)C(=O)c1c(OC)cccc1C3=O. The van der Waals surface area contributed by atoms with E-state index >= 15 is 0 Å². The Morgan fingerprint density at radius 1 is 1.00 bits per heavy atom. The quantitative estimate of drug-likeness (QED) is 0.0834. The van der Waals surface area contributed by atoms with Gasteiger partial charge in [-0.25, -0.2) is 0 Å². The maximum Gasteiger partial charge on any atom is 0.303 e. The first kappa shape index (κ1) is 40.6. The van der Waals surface area contributed by atoms with Gasteiger partial charge in [0, 0.05) is 76.5 Å². The minimum absolute atomic E-state index is 0.0696. The molecule has 20 heteroatoms. The summed E-state index contributed by atoms with van der Waals surface area (Å²) in [5.41, 5.74) is -3.91. The number of carboxylic acid groups (broad SMARTS) is 1. The van der Waals surface area contributed by atoms with Gasteiger partial charge in [0.25, 0.3) is 5.91 Å². The van der Waals surface area contributed by atoms with Crippen molar-refractivity contribution in [1.29, 1.82) is 0 Å². The number of nitrogens with one attached hydrogen (secondary N) is 3.